The third kappa shape index (κ3) is 4.50. The molecular formula is C13H22N2O2. The predicted octanol–water partition coefficient (Wildman–Crippen LogP) is 1.34. The minimum Gasteiger partial charge on any atom is -0.472 e. The van der Waals surface area contributed by atoms with Crippen molar-refractivity contribution in [2.24, 2.45) is 5.92 Å². The van der Waals surface area contributed by atoms with Gasteiger partial charge in [0.1, 0.15) is 0 Å². The van der Waals surface area contributed by atoms with E-state index in [0.29, 0.717) is 5.92 Å². The van der Waals surface area contributed by atoms with Crippen LogP contribution >= 0.6 is 0 Å². The Kier molecular flexibility index (Phi) is 5.04. The topological polar surface area (TPSA) is 37.6 Å². The van der Waals surface area contributed by atoms with Crippen LogP contribution in [-0.4, -0.2) is 44.8 Å². The first-order chi connectivity index (χ1) is 8.34. The number of rotatable bonds is 7. The van der Waals surface area contributed by atoms with Gasteiger partial charge in [-0.2, -0.15) is 0 Å². The van der Waals surface area contributed by atoms with Crippen LogP contribution in [0.1, 0.15) is 12.0 Å². The zero-order valence-corrected chi connectivity index (χ0v) is 10.5. The van der Waals surface area contributed by atoms with E-state index in [2.05, 4.69) is 17.3 Å². The molecule has 2 rings (SSSR count). The summed E-state index contributed by atoms with van der Waals surface area (Å²) in [7, 11) is 2.13. The Bertz CT molecular complexity index is 294. The molecule has 1 unspecified atom stereocenters. The van der Waals surface area contributed by atoms with E-state index in [-0.39, 0.29) is 0 Å². The minimum absolute atomic E-state index is 0.717. The van der Waals surface area contributed by atoms with Gasteiger partial charge in [-0.05, 0) is 25.5 Å². The standard InChI is InChI=1S/C13H22N2O2/c1-15(9-13-3-7-17-11-13)5-4-14-8-12-2-6-16-10-12/h3,7,11-12,14H,2,4-6,8-10H2,1H3. The average Bonchev–Trinajstić information content (AvgIpc) is 2.96. The smallest absolute Gasteiger partial charge is 0.0947 e. The Morgan fingerprint density at radius 3 is 3.18 bits per heavy atom. The van der Waals surface area contributed by atoms with Gasteiger partial charge in [-0.15, -0.1) is 0 Å². The van der Waals surface area contributed by atoms with E-state index in [4.69, 9.17) is 9.15 Å². The van der Waals surface area contributed by atoms with Crippen molar-refractivity contribution >= 4 is 0 Å². The molecule has 1 aromatic heterocycles. The van der Waals surface area contributed by atoms with E-state index < -0.39 is 0 Å². The van der Waals surface area contributed by atoms with Gasteiger partial charge in [0.15, 0.2) is 0 Å². The second-order valence-electron chi connectivity index (χ2n) is 4.80. The molecule has 1 fully saturated rings. The van der Waals surface area contributed by atoms with Gasteiger partial charge in [0.25, 0.3) is 0 Å². The van der Waals surface area contributed by atoms with E-state index in [0.717, 1.165) is 39.4 Å². The largest absolute Gasteiger partial charge is 0.472 e. The number of nitrogens with zero attached hydrogens (tertiary/aromatic N) is 1. The number of hydrogen-bond acceptors (Lipinski definition) is 4. The van der Waals surface area contributed by atoms with Gasteiger partial charge in [0.2, 0.25) is 0 Å². The summed E-state index contributed by atoms with van der Waals surface area (Å²) in [4.78, 5) is 2.29. The third-order valence-electron chi connectivity index (χ3n) is 3.16. The maximum atomic E-state index is 5.34. The molecule has 0 amide bonds. The molecule has 4 nitrogen and oxygen atoms in total. The van der Waals surface area contributed by atoms with Gasteiger partial charge in [-0.3, -0.25) is 0 Å². The number of furan rings is 1. The van der Waals surface area contributed by atoms with Crippen molar-refractivity contribution in [1.82, 2.24) is 10.2 Å². The fraction of sp³-hybridized carbons (Fsp3) is 0.692. The van der Waals surface area contributed by atoms with E-state index in [9.17, 15) is 0 Å². The van der Waals surface area contributed by atoms with Crippen LogP contribution in [0.15, 0.2) is 23.0 Å². The van der Waals surface area contributed by atoms with Crippen LogP contribution in [0.4, 0.5) is 0 Å². The molecule has 0 spiro atoms. The number of hydrogen-bond donors (Lipinski definition) is 1. The molecular weight excluding hydrogens is 216 g/mol. The molecule has 0 radical (unpaired) electrons. The van der Waals surface area contributed by atoms with E-state index in [1.54, 1.807) is 12.5 Å². The lowest BCUT2D eigenvalue weighted by Crippen LogP contribution is -2.31. The van der Waals surface area contributed by atoms with Crippen LogP contribution in [0.3, 0.4) is 0 Å². The first kappa shape index (κ1) is 12.6. The molecule has 1 N–H and O–H groups in total. The van der Waals surface area contributed by atoms with Crippen molar-refractivity contribution in [3.05, 3.63) is 24.2 Å². The molecule has 1 aliphatic rings. The van der Waals surface area contributed by atoms with Gasteiger partial charge in [-0.1, -0.05) is 0 Å². The van der Waals surface area contributed by atoms with Gasteiger partial charge >= 0.3 is 0 Å². The van der Waals surface area contributed by atoms with Crippen LogP contribution in [0.2, 0.25) is 0 Å². The van der Waals surface area contributed by atoms with Crippen molar-refractivity contribution < 1.29 is 9.15 Å². The monoisotopic (exact) mass is 238 g/mol. The Balaban J connectivity index is 1.52. The fourth-order valence-corrected chi connectivity index (χ4v) is 2.09. The second-order valence-corrected chi connectivity index (χ2v) is 4.80. The van der Waals surface area contributed by atoms with Crippen molar-refractivity contribution in [3.63, 3.8) is 0 Å². The summed E-state index contributed by atoms with van der Waals surface area (Å²) in [6, 6.07) is 2.01. The summed E-state index contributed by atoms with van der Waals surface area (Å²) >= 11 is 0. The molecule has 17 heavy (non-hydrogen) atoms. The maximum Gasteiger partial charge on any atom is 0.0947 e. The lowest BCUT2D eigenvalue weighted by molar-refractivity contribution is 0.185. The van der Waals surface area contributed by atoms with Crippen molar-refractivity contribution in [2.45, 2.75) is 13.0 Å². The highest BCUT2D eigenvalue weighted by atomic mass is 16.5. The van der Waals surface area contributed by atoms with E-state index in [1.165, 1.54) is 12.0 Å². The van der Waals surface area contributed by atoms with Crippen molar-refractivity contribution in [2.75, 3.05) is 39.9 Å². The predicted molar refractivity (Wildman–Crippen MR) is 66.8 cm³/mol. The number of nitrogens with one attached hydrogen (secondary N) is 1. The lowest BCUT2D eigenvalue weighted by Gasteiger charge is -2.16. The highest BCUT2D eigenvalue weighted by Gasteiger charge is 2.14. The SMILES string of the molecule is CN(CCNCC1CCOC1)Cc1ccoc1. The summed E-state index contributed by atoms with van der Waals surface area (Å²) in [6.45, 7) is 5.98. The molecule has 1 atom stereocenters. The Labute approximate surface area is 103 Å². The number of ether oxygens (including phenoxy) is 1. The number of likely N-dealkylation sites (N-methyl/N-ethyl adjacent to an activating group) is 1. The molecule has 96 valence electrons. The Morgan fingerprint density at radius 1 is 1.53 bits per heavy atom. The molecule has 0 aromatic carbocycles. The average molecular weight is 238 g/mol. The molecule has 1 saturated heterocycles. The zero-order chi connectivity index (χ0) is 11.9. The normalized spacial score (nSPS) is 20.2. The molecule has 2 heterocycles. The Hall–Kier alpha value is -0.840. The van der Waals surface area contributed by atoms with Gasteiger partial charge < -0.3 is 19.4 Å². The molecule has 0 saturated carbocycles. The van der Waals surface area contributed by atoms with Crippen LogP contribution in [0.25, 0.3) is 0 Å². The first-order valence-electron chi connectivity index (χ1n) is 6.32. The summed E-state index contributed by atoms with van der Waals surface area (Å²) in [5.74, 6) is 0.717. The third-order valence-corrected chi connectivity index (χ3v) is 3.16. The van der Waals surface area contributed by atoms with Gasteiger partial charge in [0.05, 0.1) is 19.1 Å². The lowest BCUT2D eigenvalue weighted by atomic mass is 10.1. The zero-order valence-electron chi connectivity index (χ0n) is 10.5. The second kappa shape index (κ2) is 6.79. The van der Waals surface area contributed by atoms with Gasteiger partial charge in [0, 0.05) is 38.3 Å². The van der Waals surface area contributed by atoms with Crippen LogP contribution < -0.4 is 5.32 Å². The molecule has 0 aliphatic carbocycles. The summed E-state index contributed by atoms with van der Waals surface area (Å²) in [6.07, 6.45) is 4.74. The quantitative estimate of drug-likeness (QED) is 0.727. The summed E-state index contributed by atoms with van der Waals surface area (Å²) < 4.78 is 10.4. The van der Waals surface area contributed by atoms with Gasteiger partial charge in [-0.25, -0.2) is 0 Å². The molecule has 1 aliphatic heterocycles. The maximum absolute atomic E-state index is 5.34. The molecule has 1 aromatic rings. The minimum atomic E-state index is 0.717. The highest BCUT2D eigenvalue weighted by molar-refractivity contribution is 5.04. The van der Waals surface area contributed by atoms with Crippen molar-refractivity contribution in [1.29, 1.82) is 0 Å². The van der Waals surface area contributed by atoms with E-state index in [1.807, 2.05) is 6.07 Å². The fourth-order valence-electron chi connectivity index (χ4n) is 2.09. The van der Waals surface area contributed by atoms with Crippen LogP contribution in [0, 0.1) is 5.92 Å². The highest BCUT2D eigenvalue weighted by Crippen LogP contribution is 2.10. The summed E-state index contributed by atoms with van der Waals surface area (Å²) in [5.41, 5.74) is 1.23. The van der Waals surface area contributed by atoms with Crippen LogP contribution in [-0.2, 0) is 11.3 Å². The molecule has 4 heteroatoms. The van der Waals surface area contributed by atoms with Crippen LogP contribution in [0.5, 0.6) is 0 Å². The summed E-state index contributed by atoms with van der Waals surface area (Å²) in [5, 5.41) is 3.49. The van der Waals surface area contributed by atoms with E-state index >= 15 is 0 Å². The molecule has 0 bridgehead atoms. The Morgan fingerprint density at radius 2 is 2.47 bits per heavy atom. The first-order valence-corrected chi connectivity index (χ1v) is 6.32. The van der Waals surface area contributed by atoms with Crippen molar-refractivity contribution in [3.8, 4) is 0 Å².